The lowest BCUT2D eigenvalue weighted by Gasteiger charge is -2.06. The Morgan fingerprint density at radius 2 is 2.08 bits per heavy atom. The molecule has 1 heterocycles. The van der Waals surface area contributed by atoms with Gasteiger partial charge in [0.05, 0.1) is 5.52 Å². The molecule has 0 aliphatic heterocycles. The van der Waals surface area contributed by atoms with Crippen molar-refractivity contribution in [2.24, 2.45) is 0 Å². The van der Waals surface area contributed by atoms with Crippen LogP contribution in [0.1, 0.15) is 31.0 Å². The molecule has 2 heteroatoms. The van der Waals surface area contributed by atoms with Crippen molar-refractivity contribution in [3.05, 3.63) is 29.5 Å². The number of hydrogen-bond acceptors (Lipinski definition) is 1. The molecular formula is C11H14N2. The normalized spacial score (nSPS) is 11.4. The van der Waals surface area contributed by atoms with Crippen LogP contribution in [0.3, 0.4) is 0 Å². The fraction of sp³-hybridized carbons (Fsp3) is 0.364. The van der Waals surface area contributed by atoms with Crippen molar-refractivity contribution in [2.75, 3.05) is 0 Å². The molecule has 2 aromatic rings. The van der Waals surface area contributed by atoms with Gasteiger partial charge in [-0.3, -0.25) is 5.10 Å². The summed E-state index contributed by atoms with van der Waals surface area (Å²) < 4.78 is 0. The number of H-pyrrole nitrogens is 1. The number of benzene rings is 1. The Hall–Kier alpha value is -1.31. The minimum absolute atomic E-state index is 0.556. The van der Waals surface area contributed by atoms with Crippen LogP contribution in [0.25, 0.3) is 10.9 Å². The predicted molar refractivity (Wildman–Crippen MR) is 54.9 cm³/mol. The smallest absolute Gasteiger partial charge is 0.0926 e. The van der Waals surface area contributed by atoms with Crippen molar-refractivity contribution in [1.29, 1.82) is 0 Å². The monoisotopic (exact) mass is 174 g/mol. The van der Waals surface area contributed by atoms with E-state index in [-0.39, 0.29) is 0 Å². The molecule has 0 bridgehead atoms. The fourth-order valence-corrected chi connectivity index (χ4v) is 1.74. The molecule has 68 valence electrons. The molecular weight excluding hydrogens is 160 g/mol. The minimum Gasteiger partial charge on any atom is -0.282 e. The second-order valence-corrected chi connectivity index (χ2v) is 3.74. The zero-order valence-corrected chi connectivity index (χ0v) is 8.26. The lowest BCUT2D eigenvalue weighted by molar-refractivity contribution is 0.875. The largest absolute Gasteiger partial charge is 0.282 e. The first-order valence-corrected chi connectivity index (χ1v) is 4.63. The SMILES string of the molecule is Cc1[nH]nc2cccc(C(C)C)c12. The lowest BCUT2D eigenvalue weighted by atomic mass is 9.98. The van der Waals surface area contributed by atoms with Crippen LogP contribution in [0, 0.1) is 6.92 Å². The molecule has 0 atom stereocenters. The van der Waals surface area contributed by atoms with E-state index in [0.29, 0.717) is 5.92 Å². The van der Waals surface area contributed by atoms with E-state index < -0.39 is 0 Å². The van der Waals surface area contributed by atoms with Crippen molar-refractivity contribution < 1.29 is 0 Å². The van der Waals surface area contributed by atoms with Gasteiger partial charge in [0.2, 0.25) is 0 Å². The van der Waals surface area contributed by atoms with Gasteiger partial charge >= 0.3 is 0 Å². The Morgan fingerprint density at radius 1 is 1.31 bits per heavy atom. The van der Waals surface area contributed by atoms with E-state index in [2.05, 4.69) is 43.1 Å². The third-order valence-corrected chi connectivity index (χ3v) is 2.42. The van der Waals surface area contributed by atoms with E-state index in [1.807, 2.05) is 6.07 Å². The van der Waals surface area contributed by atoms with E-state index in [4.69, 9.17) is 0 Å². The topological polar surface area (TPSA) is 28.7 Å². The van der Waals surface area contributed by atoms with E-state index >= 15 is 0 Å². The summed E-state index contributed by atoms with van der Waals surface area (Å²) in [5.41, 5.74) is 3.62. The molecule has 0 radical (unpaired) electrons. The molecule has 2 rings (SSSR count). The van der Waals surface area contributed by atoms with Crippen molar-refractivity contribution in [1.82, 2.24) is 10.2 Å². The molecule has 0 unspecified atom stereocenters. The molecule has 0 aliphatic rings. The summed E-state index contributed by atoms with van der Waals surface area (Å²) in [4.78, 5) is 0. The molecule has 0 spiro atoms. The average Bonchev–Trinajstić information content (AvgIpc) is 2.48. The van der Waals surface area contributed by atoms with Gasteiger partial charge < -0.3 is 0 Å². The Kier molecular flexibility index (Phi) is 1.83. The highest BCUT2D eigenvalue weighted by Crippen LogP contribution is 2.25. The van der Waals surface area contributed by atoms with E-state index in [0.717, 1.165) is 5.52 Å². The van der Waals surface area contributed by atoms with Crippen LogP contribution in [0.5, 0.6) is 0 Å². The summed E-state index contributed by atoms with van der Waals surface area (Å²) in [5.74, 6) is 0.556. The second kappa shape index (κ2) is 2.87. The van der Waals surface area contributed by atoms with E-state index in [1.165, 1.54) is 16.6 Å². The quantitative estimate of drug-likeness (QED) is 0.707. The molecule has 0 saturated heterocycles. The number of hydrogen-bond donors (Lipinski definition) is 1. The van der Waals surface area contributed by atoms with Gasteiger partial charge in [-0.05, 0) is 24.5 Å². The average molecular weight is 174 g/mol. The summed E-state index contributed by atoms with van der Waals surface area (Å²) >= 11 is 0. The first-order chi connectivity index (χ1) is 6.20. The van der Waals surface area contributed by atoms with Gasteiger partial charge in [-0.1, -0.05) is 26.0 Å². The van der Waals surface area contributed by atoms with Crippen LogP contribution in [-0.4, -0.2) is 10.2 Å². The highest BCUT2D eigenvalue weighted by Gasteiger charge is 2.08. The van der Waals surface area contributed by atoms with Crippen LogP contribution in [0.15, 0.2) is 18.2 Å². The highest BCUT2D eigenvalue weighted by atomic mass is 15.1. The summed E-state index contributed by atoms with van der Waals surface area (Å²) in [6.45, 7) is 6.49. The lowest BCUT2D eigenvalue weighted by Crippen LogP contribution is -1.88. The molecule has 13 heavy (non-hydrogen) atoms. The number of aryl methyl sites for hydroxylation is 1. The van der Waals surface area contributed by atoms with Gasteiger partial charge in [0.1, 0.15) is 0 Å². The maximum atomic E-state index is 4.24. The van der Waals surface area contributed by atoms with Crippen molar-refractivity contribution in [3.8, 4) is 0 Å². The van der Waals surface area contributed by atoms with Gasteiger partial charge in [-0.15, -0.1) is 0 Å². The van der Waals surface area contributed by atoms with Gasteiger partial charge in [0.15, 0.2) is 0 Å². The molecule has 0 saturated carbocycles. The fourth-order valence-electron chi connectivity index (χ4n) is 1.74. The highest BCUT2D eigenvalue weighted by molar-refractivity contribution is 5.85. The molecule has 0 amide bonds. The van der Waals surface area contributed by atoms with E-state index in [1.54, 1.807) is 0 Å². The summed E-state index contributed by atoms with van der Waals surface area (Å²) in [7, 11) is 0. The van der Waals surface area contributed by atoms with Gasteiger partial charge in [0.25, 0.3) is 0 Å². The standard InChI is InChI=1S/C11H14N2/c1-7(2)9-5-4-6-10-11(9)8(3)12-13-10/h4-7H,1-3H3,(H,12,13). The number of nitrogens with one attached hydrogen (secondary N) is 1. The zero-order chi connectivity index (χ0) is 9.42. The zero-order valence-electron chi connectivity index (χ0n) is 8.26. The number of fused-ring (bicyclic) bond motifs is 1. The van der Waals surface area contributed by atoms with Crippen molar-refractivity contribution in [2.45, 2.75) is 26.7 Å². The Bertz CT molecular complexity index is 427. The number of aromatic nitrogens is 2. The van der Waals surface area contributed by atoms with Crippen LogP contribution >= 0.6 is 0 Å². The number of rotatable bonds is 1. The maximum Gasteiger partial charge on any atom is 0.0926 e. The summed E-state index contributed by atoms with van der Waals surface area (Å²) in [6.07, 6.45) is 0. The molecule has 1 N–H and O–H groups in total. The van der Waals surface area contributed by atoms with Gasteiger partial charge in [-0.25, -0.2) is 0 Å². The van der Waals surface area contributed by atoms with Crippen LogP contribution in [0.2, 0.25) is 0 Å². The first-order valence-electron chi connectivity index (χ1n) is 4.63. The Balaban J connectivity index is 2.80. The molecule has 1 aromatic carbocycles. The van der Waals surface area contributed by atoms with Gasteiger partial charge in [-0.2, -0.15) is 5.10 Å². The summed E-state index contributed by atoms with van der Waals surface area (Å²) in [5, 5.41) is 8.55. The third kappa shape index (κ3) is 1.22. The number of nitrogens with zero attached hydrogens (tertiary/aromatic N) is 1. The number of aromatic amines is 1. The van der Waals surface area contributed by atoms with Gasteiger partial charge in [0, 0.05) is 11.1 Å². The molecule has 2 nitrogen and oxygen atoms in total. The van der Waals surface area contributed by atoms with Crippen LogP contribution in [0.4, 0.5) is 0 Å². The minimum atomic E-state index is 0.556. The van der Waals surface area contributed by atoms with Crippen molar-refractivity contribution >= 4 is 10.9 Å². The van der Waals surface area contributed by atoms with Crippen LogP contribution < -0.4 is 0 Å². The Labute approximate surface area is 78.0 Å². The molecule has 0 fully saturated rings. The third-order valence-electron chi connectivity index (χ3n) is 2.42. The predicted octanol–water partition coefficient (Wildman–Crippen LogP) is 2.99. The van der Waals surface area contributed by atoms with Crippen LogP contribution in [-0.2, 0) is 0 Å². The maximum absolute atomic E-state index is 4.24. The Morgan fingerprint density at radius 3 is 2.77 bits per heavy atom. The summed E-state index contributed by atoms with van der Waals surface area (Å²) in [6, 6.07) is 6.29. The molecule has 0 aliphatic carbocycles. The van der Waals surface area contributed by atoms with Crippen molar-refractivity contribution in [3.63, 3.8) is 0 Å². The first kappa shape index (κ1) is 8.30. The molecule has 1 aromatic heterocycles. The van der Waals surface area contributed by atoms with E-state index in [9.17, 15) is 0 Å². The second-order valence-electron chi connectivity index (χ2n) is 3.74.